The number of rotatable bonds is 5. The second kappa shape index (κ2) is 8.52. The molecular weight excluding hydrogens is 410 g/mol. The van der Waals surface area contributed by atoms with E-state index in [1.807, 2.05) is 29.2 Å². The van der Waals surface area contributed by atoms with Crippen LogP contribution in [0.2, 0.25) is 5.02 Å². The van der Waals surface area contributed by atoms with Crippen LogP contribution in [-0.2, 0) is 13.6 Å². The van der Waals surface area contributed by atoms with Crippen molar-refractivity contribution in [1.82, 2.24) is 24.6 Å². The van der Waals surface area contributed by atoms with Crippen LogP contribution >= 0.6 is 22.9 Å². The minimum Gasteiger partial charge on any atom is -0.479 e. The van der Waals surface area contributed by atoms with Crippen LogP contribution in [0.1, 0.15) is 15.4 Å². The molecule has 0 spiro atoms. The van der Waals surface area contributed by atoms with Crippen molar-refractivity contribution >= 4 is 28.8 Å². The summed E-state index contributed by atoms with van der Waals surface area (Å²) in [5.41, 5.74) is 2.55. The van der Waals surface area contributed by atoms with Crippen LogP contribution in [0.5, 0.6) is 5.88 Å². The summed E-state index contributed by atoms with van der Waals surface area (Å²) in [5.74, 6) is 0.339. The van der Waals surface area contributed by atoms with Crippen molar-refractivity contribution in [3.8, 4) is 17.1 Å². The molecule has 3 aromatic rings. The highest BCUT2D eigenvalue weighted by molar-refractivity contribution is 7.09. The number of amides is 1. The predicted octanol–water partition coefficient (Wildman–Crippen LogP) is 3.16. The zero-order valence-corrected chi connectivity index (χ0v) is 17.9. The number of thiazole rings is 1. The van der Waals surface area contributed by atoms with Crippen LogP contribution in [0.3, 0.4) is 0 Å². The van der Waals surface area contributed by atoms with Crippen LogP contribution < -0.4 is 4.74 Å². The Balaban J connectivity index is 1.34. The van der Waals surface area contributed by atoms with E-state index < -0.39 is 0 Å². The fourth-order valence-electron chi connectivity index (χ4n) is 3.37. The zero-order chi connectivity index (χ0) is 20.4. The number of nitrogens with zero attached hydrogens (tertiary/aromatic N) is 5. The van der Waals surface area contributed by atoms with Crippen LogP contribution in [-0.4, -0.2) is 63.8 Å². The van der Waals surface area contributed by atoms with E-state index in [9.17, 15) is 4.79 Å². The van der Waals surface area contributed by atoms with Crippen molar-refractivity contribution in [1.29, 1.82) is 0 Å². The van der Waals surface area contributed by atoms with Crippen molar-refractivity contribution in [2.24, 2.45) is 7.05 Å². The molecule has 0 saturated carbocycles. The van der Waals surface area contributed by atoms with Gasteiger partial charge in [-0.1, -0.05) is 23.7 Å². The van der Waals surface area contributed by atoms with Gasteiger partial charge >= 0.3 is 0 Å². The summed E-state index contributed by atoms with van der Waals surface area (Å²) in [6.45, 7) is 3.75. The van der Waals surface area contributed by atoms with Gasteiger partial charge in [0.2, 0.25) is 5.88 Å². The van der Waals surface area contributed by atoms with Gasteiger partial charge in [0.05, 0.1) is 19.3 Å². The summed E-state index contributed by atoms with van der Waals surface area (Å²) >= 11 is 7.62. The number of methoxy groups -OCH3 is 1. The molecule has 1 aliphatic rings. The molecule has 7 nitrogen and oxygen atoms in total. The molecule has 0 radical (unpaired) electrons. The van der Waals surface area contributed by atoms with E-state index in [0.29, 0.717) is 24.5 Å². The highest BCUT2D eigenvalue weighted by Gasteiger charge is 2.26. The van der Waals surface area contributed by atoms with Gasteiger partial charge in [-0.25, -0.2) is 4.98 Å². The summed E-state index contributed by atoms with van der Waals surface area (Å²) < 4.78 is 6.82. The summed E-state index contributed by atoms with van der Waals surface area (Å²) in [4.78, 5) is 21.7. The lowest BCUT2D eigenvalue weighted by atomic mass is 10.2. The topological polar surface area (TPSA) is 63.5 Å². The Morgan fingerprint density at radius 3 is 2.62 bits per heavy atom. The molecule has 0 atom stereocenters. The van der Waals surface area contributed by atoms with Crippen molar-refractivity contribution in [3.63, 3.8) is 0 Å². The number of hydrogen-bond acceptors (Lipinski definition) is 6. The normalized spacial score (nSPS) is 14.9. The molecule has 1 fully saturated rings. The minimum atomic E-state index is -0.0335. The number of ether oxygens (including phenoxy) is 1. The van der Waals surface area contributed by atoms with E-state index in [1.165, 1.54) is 7.11 Å². The SMILES string of the molecule is COc1nn(C)cc1C(=O)N1CCN(Cc2nc(-c3ccc(Cl)cc3)cs2)CC1. The molecule has 0 bridgehead atoms. The molecule has 0 N–H and O–H groups in total. The fraction of sp³-hybridized carbons (Fsp3) is 0.350. The molecular formula is C20H22ClN5O2S. The maximum atomic E-state index is 12.8. The molecule has 152 valence electrons. The van der Waals surface area contributed by atoms with Crippen molar-refractivity contribution in [2.45, 2.75) is 6.54 Å². The highest BCUT2D eigenvalue weighted by Crippen LogP contribution is 2.25. The second-order valence-corrected chi connectivity index (χ2v) is 8.31. The lowest BCUT2D eigenvalue weighted by Gasteiger charge is -2.34. The molecule has 1 saturated heterocycles. The maximum absolute atomic E-state index is 12.8. The van der Waals surface area contributed by atoms with Gasteiger partial charge in [0.1, 0.15) is 10.6 Å². The molecule has 1 amide bonds. The first-order chi connectivity index (χ1) is 14.0. The number of carbonyl (C=O) groups excluding carboxylic acids is 1. The lowest BCUT2D eigenvalue weighted by molar-refractivity contribution is 0.0625. The fourth-order valence-corrected chi connectivity index (χ4v) is 4.34. The Kier molecular flexibility index (Phi) is 5.84. The number of benzene rings is 1. The van der Waals surface area contributed by atoms with E-state index in [1.54, 1.807) is 29.3 Å². The van der Waals surface area contributed by atoms with Crippen LogP contribution in [0.15, 0.2) is 35.8 Å². The van der Waals surface area contributed by atoms with Gasteiger partial charge in [-0.15, -0.1) is 16.4 Å². The van der Waals surface area contributed by atoms with Crippen molar-refractivity contribution in [3.05, 3.63) is 51.4 Å². The van der Waals surface area contributed by atoms with Crippen LogP contribution in [0, 0.1) is 0 Å². The molecule has 9 heteroatoms. The zero-order valence-electron chi connectivity index (χ0n) is 16.3. The number of hydrogen-bond donors (Lipinski definition) is 0. The first-order valence-corrected chi connectivity index (χ1v) is 10.6. The number of aryl methyl sites for hydroxylation is 1. The third-order valence-electron chi connectivity index (χ3n) is 4.93. The molecule has 1 aliphatic heterocycles. The van der Waals surface area contributed by atoms with Gasteiger partial charge in [0.25, 0.3) is 5.91 Å². The Hall–Kier alpha value is -2.42. The molecule has 0 aliphatic carbocycles. The number of carbonyl (C=O) groups is 1. The first-order valence-electron chi connectivity index (χ1n) is 9.33. The maximum Gasteiger partial charge on any atom is 0.261 e. The minimum absolute atomic E-state index is 0.0335. The van der Waals surface area contributed by atoms with E-state index in [2.05, 4.69) is 15.4 Å². The van der Waals surface area contributed by atoms with Crippen LogP contribution in [0.25, 0.3) is 11.3 Å². The van der Waals surface area contributed by atoms with Gasteiger partial charge in [-0.3, -0.25) is 14.4 Å². The molecule has 29 heavy (non-hydrogen) atoms. The van der Waals surface area contributed by atoms with E-state index in [-0.39, 0.29) is 5.91 Å². The Labute approximate surface area is 178 Å². The second-order valence-electron chi connectivity index (χ2n) is 6.93. The Morgan fingerprint density at radius 2 is 1.93 bits per heavy atom. The van der Waals surface area contributed by atoms with Gasteiger partial charge in [-0.05, 0) is 12.1 Å². The quantitative estimate of drug-likeness (QED) is 0.621. The Bertz CT molecular complexity index is 993. The molecule has 1 aromatic carbocycles. The van der Waals surface area contributed by atoms with E-state index in [0.717, 1.165) is 40.9 Å². The van der Waals surface area contributed by atoms with E-state index >= 15 is 0 Å². The molecule has 0 unspecified atom stereocenters. The summed E-state index contributed by atoms with van der Waals surface area (Å²) in [6.07, 6.45) is 1.71. The molecule has 2 aromatic heterocycles. The molecule has 4 rings (SSSR count). The lowest BCUT2D eigenvalue weighted by Crippen LogP contribution is -2.48. The van der Waals surface area contributed by atoms with Gasteiger partial charge in [0, 0.05) is 55.4 Å². The van der Waals surface area contributed by atoms with Crippen LogP contribution in [0.4, 0.5) is 0 Å². The van der Waals surface area contributed by atoms with Gasteiger partial charge in [-0.2, -0.15) is 0 Å². The number of aromatic nitrogens is 3. The smallest absolute Gasteiger partial charge is 0.261 e. The monoisotopic (exact) mass is 431 g/mol. The van der Waals surface area contributed by atoms with Gasteiger partial charge < -0.3 is 9.64 Å². The predicted molar refractivity (Wildman–Crippen MR) is 114 cm³/mol. The Morgan fingerprint density at radius 1 is 1.21 bits per heavy atom. The van der Waals surface area contributed by atoms with Gasteiger partial charge in [0.15, 0.2) is 0 Å². The standard InChI is InChI=1S/C20H22ClN5O2S/c1-24-11-16(19(23-24)28-2)20(27)26-9-7-25(8-10-26)12-18-22-17(13-29-18)14-3-5-15(21)6-4-14/h3-6,11,13H,7-10,12H2,1-2H3. The summed E-state index contributed by atoms with van der Waals surface area (Å²) in [5, 5.41) is 8.04. The third kappa shape index (κ3) is 4.44. The largest absolute Gasteiger partial charge is 0.479 e. The average molecular weight is 432 g/mol. The summed E-state index contributed by atoms with van der Waals surface area (Å²) in [7, 11) is 3.31. The van der Waals surface area contributed by atoms with Crippen molar-refractivity contribution < 1.29 is 9.53 Å². The first kappa shape index (κ1) is 19.9. The number of halogens is 1. The number of piperazine rings is 1. The average Bonchev–Trinajstić information content (AvgIpc) is 3.35. The highest BCUT2D eigenvalue weighted by atomic mass is 35.5. The van der Waals surface area contributed by atoms with E-state index in [4.69, 9.17) is 21.3 Å². The van der Waals surface area contributed by atoms with Crippen molar-refractivity contribution in [2.75, 3.05) is 33.3 Å². The third-order valence-corrected chi connectivity index (χ3v) is 6.01. The molecule has 3 heterocycles. The summed E-state index contributed by atoms with van der Waals surface area (Å²) in [6, 6.07) is 7.73.